The summed E-state index contributed by atoms with van der Waals surface area (Å²) in [6.07, 6.45) is 7.18. The molecule has 0 radical (unpaired) electrons. The molecular weight excluding hydrogens is 422 g/mol. The Morgan fingerprint density at radius 3 is 1.91 bits per heavy atom. The average Bonchev–Trinajstić information content (AvgIpc) is 3.13. The Hall–Kier alpha value is -4.99. The average molecular weight is 441 g/mol. The van der Waals surface area contributed by atoms with E-state index in [4.69, 9.17) is 4.74 Å². The fourth-order valence-corrected chi connectivity index (χ4v) is 3.77. The van der Waals surface area contributed by atoms with Crippen molar-refractivity contribution in [1.29, 1.82) is 15.8 Å². The third-order valence-electron chi connectivity index (χ3n) is 5.38. The second-order valence-electron chi connectivity index (χ2n) is 8.05. The summed E-state index contributed by atoms with van der Waals surface area (Å²) in [5, 5.41) is 28.3. The molecule has 162 valence electrons. The van der Waals surface area contributed by atoms with E-state index in [9.17, 15) is 15.8 Å². The zero-order chi connectivity index (χ0) is 24.1. The monoisotopic (exact) mass is 441 g/mol. The van der Waals surface area contributed by atoms with Gasteiger partial charge >= 0.3 is 0 Å². The van der Waals surface area contributed by atoms with Crippen LogP contribution in [0, 0.1) is 34.0 Å². The summed E-state index contributed by atoms with van der Waals surface area (Å²) in [7, 11) is 0. The minimum absolute atomic E-state index is 0.0218. The number of ether oxygens (including phenoxy) is 1. The van der Waals surface area contributed by atoms with Crippen molar-refractivity contribution < 1.29 is 4.74 Å². The van der Waals surface area contributed by atoms with E-state index in [0.717, 1.165) is 28.1 Å². The summed E-state index contributed by atoms with van der Waals surface area (Å²) in [6, 6.07) is 23.3. The number of pyridine rings is 2. The molecule has 0 saturated heterocycles. The Kier molecular flexibility index (Phi) is 6.04. The summed E-state index contributed by atoms with van der Waals surface area (Å²) in [5.74, 6) is 0.0218. The number of allylic oxidation sites excluding steroid dienone is 2. The fraction of sp³-hybridized carbons (Fsp3) is 0.107. The molecule has 6 nitrogen and oxygen atoms in total. The highest BCUT2D eigenvalue weighted by atomic mass is 16.5. The van der Waals surface area contributed by atoms with Gasteiger partial charge < -0.3 is 4.74 Å². The molecule has 2 aromatic heterocycles. The van der Waals surface area contributed by atoms with Crippen LogP contribution >= 0.6 is 0 Å². The largest absolute Gasteiger partial charge is 0.480 e. The molecule has 34 heavy (non-hydrogen) atoms. The normalized spacial score (nSPS) is 14.3. The third kappa shape index (κ3) is 4.32. The van der Waals surface area contributed by atoms with Gasteiger partial charge in [0.25, 0.3) is 0 Å². The molecule has 6 heteroatoms. The van der Waals surface area contributed by atoms with Crippen LogP contribution in [0.3, 0.4) is 0 Å². The molecule has 0 unspecified atom stereocenters. The van der Waals surface area contributed by atoms with E-state index in [2.05, 4.69) is 16.0 Å². The smallest absolute Gasteiger partial charge is 0.172 e. The van der Waals surface area contributed by atoms with Gasteiger partial charge in [0.2, 0.25) is 0 Å². The van der Waals surface area contributed by atoms with Crippen molar-refractivity contribution in [2.24, 2.45) is 0 Å². The lowest BCUT2D eigenvalue weighted by molar-refractivity contribution is 0.0954. The Morgan fingerprint density at radius 2 is 1.44 bits per heavy atom. The van der Waals surface area contributed by atoms with Gasteiger partial charge in [-0.2, -0.15) is 15.8 Å². The maximum absolute atomic E-state index is 9.77. The Morgan fingerprint density at radius 1 is 0.853 bits per heavy atom. The van der Waals surface area contributed by atoms with Gasteiger partial charge in [0.05, 0.1) is 11.4 Å². The number of nitriles is 3. The van der Waals surface area contributed by atoms with Gasteiger partial charge in [-0.15, -0.1) is 0 Å². The molecule has 0 amide bonds. The second-order valence-corrected chi connectivity index (χ2v) is 8.05. The predicted molar refractivity (Wildman–Crippen MR) is 128 cm³/mol. The molecule has 1 aliphatic rings. The summed E-state index contributed by atoms with van der Waals surface area (Å²) in [5.41, 5.74) is 4.07. The summed E-state index contributed by atoms with van der Waals surface area (Å²) < 4.78 is 5.85. The SMILES string of the molecule is CC1(C)OC(=C(C#N)C#N)C(C#N)=C1/C=C/c1cc(-c2ccccn2)cc(-c2ccccn2)c1. The maximum atomic E-state index is 9.77. The number of rotatable bonds is 4. The van der Waals surface area contributed by atoms with Crippen molar-refractivity contribution in [1.82, 2.24) is 9.97 Å². The minimum atomic E-state index is -0.877. The number of hydrogen-bond acceptors (Lipinski definition) is 6. The van der Waals surface area contributed by atoms with Crippen LogP contribution in [0.2, 0.25) is 0 Å². The second kappa shape index (κ2) is 9.25. The van der Waals surface area contributed by atoms with Crippen LogP contribution in [0.25, 0.3) is 28.6 Å². The quantitative estimate of drug-likeness (QED) is 0.477. The third-order valence-corrected chi connectivity index (χ3v) is 5.38. The van der Waals surface area contributed by atoms with Gasteiger partial charge in [0.15, 0.2) is 11.3 Å². The van der Waals surface area contributed by atoms with E-state index in [1.165, 1.54) is 0 Å². The molecule has 0 N–H and O–H groups in total. The highest BCUT2D eigenvalue weighted by Crippen LogP contribution is 2.40. The molecule has 1 aliphatic heterocycles. The molecule has 0 aliphatic carbocycles. The van der Waals surface area contributed by atoms with Gasteiger partial charge in [0.1, 0.15) is 29.4 Å². The lowest BCUT2D eigenvalue weighted by Crippen LogP contribution is -2.20. The van der Waals surface area contributed by atoms with Crippen LogP contribution in [-0.2, 0) is 4.74 Å². The van der Waals surface area contributed by atoms with Gasteiger partial charge in [-0.05, 0) is 61.9 Å². The van der Waals surface area contributed by atoms with Gasteiger partial charge in [-0.3, -0.25) is 9.97 Å². The Balaban J connectivity index is 1.85. The van der Waals surface area contributed by atoms with E-state index >= 15 is 0 Å². The van der Waals surface area contributed by atoms with E-state index < -0.39 is 5.60 Å². The molecule has 0 spiro atoms. The van der Waals surface area contributed by atoms with Gasteiger partial charge in [-0.25, -0.2) is 0 Å². The van der Waals surface area contributed by atoms with Gasteiger partial charge in [0, 0.05) is 29.1 Å². The predicted octanol–water partition coefficient (Wildman–Crippen LogP) is 5.75. The van der Waals surface area contributed by atoms with E-state index in [1.807, 2.05) is 72.8 Å². The van der Waals surface area contributed by atoms with Crippen molar-refractivity contribution >= 4 is 6.08 Å². The zero-order valence-electron chi connectivity index (χ0n) is 18.6. The van der Waals surface area contributed by atoms with Crippen molar-refractivity contribution in [3.8, 4) is 40.7 Å². The van der Waals surface area contributed by atoms with Crippen molar-refractivity contribution in [3.05, 3.63) is 101 Å². The van der Waals surface area contributed by atoms with Crippen LogP contribution in [0.15, 0.2) is 95.5 Å². The highest BCUT2D eigenvalue weighted by molar-refractivity contribution is 5.75. The Labute approximate surface area is 198 Å². The topological polar surface area (TPSA) is 106 Å². The molecule has 4 rings (SSSR count). The van der Waals surface area contributed by atoms with Gasteiger partial charge in [-0.1, -0.05) is 24.3 Å². The number of nitrogens with zero attached hydrogens (tertiary/aromatic N) is 5. The molecule has 3 aromatic rings. The Bertz CT molecular complexity index is 1390. The molecule has 0 atom stereocenters. The number of aromatic nitrogens is 2. The number of hydrogen-bond donors (Lipinski definition) is 0. The lowest BCUT2D eigenvalue weighted by Gasteiger charge is -2.20. The van der Waals surface area contributed by atoms with Crippen LogP contribution in [0.4, 0.5) is 0 Å². The molecule has 0 saturated carbocycles. The van der Waals surface area contributed by atoms with Crippen molar-refractivity contribution in [2.75, 3.05) is 0 Å². The molecule has 0 fully saturated rings. The van der Waals surface area contributed by atoms with Crippen molar-refractivity contribution in [3.63, 3.8) is 0 Å². The lowest BCUT2D eigenvalue weighted by atomic mass is 9.93. The first-order valence-corrected chi connectivity index (χ1v) is 10.5. The summed E-state index contributed by atoms with van der Waals surface area (Å²) >= 11 is 0. The molecule has 0 bridgehead atoms. The first kappa shape index (κ1) is 22.2. The van der Waals surface area contributed by atoms with E-state index in [-0.39, 0.29) is 16.9 Å². The highest BCUT2D eigenvalue weighted by Gasteiger charge is 2.38. The van der Waals surface area contributed by atoms with Crippen LogP contribution in [0.1, 0.15) is 19.4 Å². The van der Waals surface area contributed by atoms with E-state index in [1.54, 1.807) is 32.3 Å². The first-order chi connectivity index (χ1) is 16.5. The zero-order valence-corrected chi connectivity index (χ0v) is 18.6. The first-order valence-electron chi connectivity index (χ1n) is 10.5. The molecule has 3 heterocycles. The minimum Gasteiger partial charge on any atom is -0.480 e. The molecular formula is C28H19N5O. The van der Waals surface area contributed by atoms with Crippen LogP contribution in [0.5, 0.6) is 0 Å². The van der Waals surface area contributed by atoms with Crippen LogP contribution in [-0.4, -0.2) is 15.6 Å². The van der Waals surface area contributed by atoms with Crippen LogP contribution < -0.4 is 0 Å². The van der Waals surface area contributed by atoms with Crippen molar-refractivity contribution in [2.45, 2.75) is 19.4 Å². The summed E-state index contributed by atoms with van der Waals surface area (Å²) in [6.45, 7) is 3.60. The fourth-order valence-electron chi connectivity index (χ4n) is 3.77. The maximum Gasteiger partial charge on any atom is 0.172 e. The number of benzene rings is 1. The standard InChI is InChI=1S/C28H19N5O/c1-28(2)24(23(18-31)27(34-28)22(16-29)17-30)10-9-19-13-20(25-7-3-5-11-32-25)15-21(14-19)26-8-4-6-12-33-26/h3-15H,1-2H3/b10-9+. The molecule has 1 aromatic carbocycles. The van der Waals surface area contributed by atoms with E-state index in [0.29, 0.717) is 5.57 Å². The summed E-state index contributed by atoms with van der Waals surface area (Å²) in [4.78, 5) is 8.95.